The lowest BCUT2D eigenvalue weighted by Crippen LogP contribution is -2.01. The number of aryl methyl sites for hydroxylation is 2. The van der Waals surface area contributed by atoms with E-state index in [9.17, 15) is 0 Å². The van der Waals surface area contributed by atoms with E-state index in [-0.39, 0.29) is 0 Å². The van der Waals surface area contributed by atoms with Gasteiger partial charge in [-0.3, -0.25) is 0 Å². The van der Waals surface area contributed by atoms with Crippen molar-refractivity contribution in [2.75, 3.05) is 6.54 Å². The third-order valence-corrected chi connectivity index (χ3v) is 3.17. The quantitative estimate of drug-likeness (QED) is 0.862. The molecule has 0 aliphatic rings. The second-order valence-corrected chi connectivity index (χ2v) is 4.59. The molecule has 5 nitrogen and oxygen atoms in total. The summed E-state index contributed by atoms with van der Waals surface area (Å²) in [4.78, 5) is 0. The van der Waals surface area contributed by atoms with Crippen molar-refractivity contribution in [1.82, 2.24) is 20.4 Å². The predicted octanol–water partition coefficient (Wildman–Crippen LogP) is 1.11. The molecule has 2 heterocycles. The van der Waals surface area contributed by atoms with E-state index in [1.165, 1.54) is 0 Å². The maximum atomic E-state index is 5.48. The highest BCUT2D eigenvalue weighted by atomic mass is 32.1. The Balaban J connectivity index is 2.38. The monoisotopic (exact) mass is 235 g/mol. The van der Waals surface area contributed by atoms with Gasteiger partial charge in [-0.1, -0.05) is 11.3 Å². The minimum atomic E-state index is 0.598. The van der Waals surface area contributed by atoms with Crippen molar-refractivity contribution < 1.29 is 0 Å². The Kier molecular flexibility index (Phi) is 3.21. The predicted molar refractivity (Wildman–Crippen MR) is 63.2 cm³/mol. The Morgan fingerprint density at radius 1 is 1.19 bits per heavy atom. The molecule has 2 aromatic rings. The highest BCUT2D eigenvalue weighted by Gasteiger charge is 2.10. The first kappa shape index (κ1) is 11.1. The third kappa shape index (κ3) is 2.23. The Hall–Kier alpha value is -1.40. The van der Waals surface area contributed by atoms with Crippen LogP contribution in [0.4, 0.5) is 0 Å². The normalized spacial score (nSPS) is 10.7. The number of hydrogen-bond donors (Lipinski definition) is 1. The molecule has 0 aromatic carbocycles. The molecular formula is C10H13N5S. The van der Waals surface area contributed by atoms with Crippen LogP contribution in [-0.2, 0) is 6.42 Å². The molecule has 0 aliphatic carbocycles. The lowest BCUT2D eigenvalue weighted by atomic mass is 10.2. The number of nitrogens with two attached hydrogens (primary N) is 1. The summed E-state index contributed by atoms with van der Waals surface area (Å²) in [6, 6.07) is 1.98. The Morgan fingerprint density at radius 2 is 2.00 bits per heavy atom. The van der Waals surface area contributed by atoms with Crippen molar-refractivity contribution in [1.29, 1.82) is 0 Å². The van der Waals surface area contributed by atoms with Gasteiger partial charge in [0.15, 0.2) is 0 Å². The van der Waals surface area contributed by atoms with E-state index in [1.807, 2.05) is 19.9 Å². The van der Waals surface area contributed by atoms with E-state index in [2.05, 4.69) is 20.4 Å². The van der Waals surface area contributed by atoms with Crippen molar-refractivity contribution in [3.63, 3.8) is 0 Å². The second kappa shape index (κ2) is 4.63. The summed E-state index contributed by atoms with van der Waals surface area (Å²) >= 11 is 1.56. The largest absolute Gasteiger partial charge is 0.330 e. The molecule has 0 unspecified atom stereocenters. The van der Waals surface area contributed by atoms with Gasteiger partial charge >= 0.3 is 0 Å². The molecule has 0 saturated carbocycles. The zero-order valence-corrected chi connectivity index (χ0v) is 10.1. The number of rotatable bonds is 3. The van der Waals surface area contributed by atoms with Crippen LogP contribution in [0, 0.1) is 13.8 Å². The van der Waals surface area contributed by atoms with Crippen LogP contribution in [0.25, 0.3) is 10.6 Å². The van der Waals surface area contributed by atoms with Gasteiger partial charge in [0.05, 0.1) is 11.4 Å². The smallest absolute Gasteiger partial charge is 0.149 e. The molecular weight excluding hydrogens is 222 g/mol. The van der Waals surface area contributed by atoms with E-state index in [1.54, 1.807) is 11.3 Å². The van der Waals surface area contributed by atoms with Crippen LogP contribution in [0.3, 0.4) is 0 Å². The summed E-state index contributed by atoms with van der Waals surface area (Å²) in [6.07, 6.45) is 0.772. The SMILES string of the molecule is Cc1cc(-c2nnc(CCN)s2)c(C)nn1. The van der Waals surface area contributed by atoms with Gasteiger partial charge in [-0.25, -0.2) is 0 Å². The van der Waals surface area contributed by atoms with Crippen LogP contribution in [0.1, 0.15) is 16.4 Å². The minimum Gasteiger partial charge on any atom is -0.330 e. The molecule has 2 aromatic heterocycles. The molecule has 16 heavy (non-hydrogen) atoms. The molecule has 2 rings (SSSR count). The fourth-order valence-corrected chi connectivity index (χ4v) is 2.28. The molecule has 0 atom stereocenters. The molecule has 6 heteroatoms. The average molecular weight is 235 g/mol. The molecule has 0 fully saturated rings. The van der Waals surface area contributed by atoms with Gasteiger partial charge in [-0.05, 0) is 26.5 Å². The molecule has 0 radical (unpaired) electrons. The Morgan fingerprint density at radius 3 is 2.75 bits per heavy atom. The first-order valence-corrected chi connectivity index (χ1v) is 5.86. The number of hydrogen-bond acceptors (Lipinski definition) is 6. The van der Waals surface area contributed by atoms with E-state index >= 15 is 0 Å². The summed E-state index contributed by atoms with van der Waals surface area (Å²) in [5.41, 5.74) is 8.25. The first-order valence-electron chi connectivity index (χ1n) is 5.04. The highest BCUT2D eigenvalue weighted by molar-refractivity contribution is 7.14. The van der Waals surface area contributed by atoms with Crippen LogP contribution in [0.2, 0.25) is 0 Å². The van der Waals surface area contributed by atoms with E-state index in [0.717, 1.165) is 33.4 Å². The molecule has 0 saturated heterocycles. The Labute approximate surface area is 97.7 Å². The maximum Gasteiger partial charge on any atom is 0.149 e. The maximum absolute atomic E-state index is 5.48. The average Bonchev–Trinajstić information content (AvgIpc) is 2.71. The zero-order chi connectivity index (χ0) is 11.5. The molecule has 84 valence electrons. The van der Waals surface area contributed by atoms with E-state index < -0.39 is 0 Å². The summed E-state index contributed by atoms with van der Waals surface area (Å²) in [6.45, 7) is 4.44. The molecule has 0 bridgehead atoms. The standard InChI is InChI=1S/C10H13N5S/c1-6-5-8(7(2)13-12-6)10-15-14-9(16-10)3-4-11/h5H,3-4,11H2,1-2H3. The van der Waals surface area contributed by atoms with Crippen molar-refractivity contribution in [2.45, 2.75) is 20.3 Å². The number of nitrogens with zero attached hydrogens (tertiary/aromatic N) is 4. The van der Waals surface area contributed by atoms with Crippen LogP contribution in [0.5, 0.6) is 0 Å². The lowest BCUT2D eigenvalue weighted by Gasteiger charge is -1.99. The Bertz CT molecular complexity index is 494. The van der Waals surface area contributed by atoms with Crippen LogP contribution in [0.15, 0.2) is 6.07 Å². The number of aromatic nitrogens is 4. The van der Waals surface area contributed by atoms with Crippen LogP contribution < -0.4 is 5.73 Å². The molecule has 0 spiro atoms. The van der Waals surface area contributed by atoms with Gasteiger partial charge in [0, 0.05) is 12.0 Å². The zero-order valence-electron chi connectivity index (χ0n) is 9.27. The fraction of sp³-hybridized carbons (Fsp3) is 0.400. The van der Waals surface area contributed by atoms with E-state index in [0.29, 0.717) is 6.54 Å². The van der Waals surface area contributed by atoms with Crippen molar-refractivity contribution in [3.8, 4) is 10.6 Å². The van der Waals surface area contributed by atoms with E-state index in [4.69, 9.17) is 5.73 Å². The van der Waals surface area contributed by atoms with Crippen LogP contribution in [-0.4, -0.2) is 26.9 Å². The second-order valence-electron chi connectivity index (χ2n) is 3.52. The summed E-state index contributed by atoms with van der Waals surface area (Å²) in [7, 11) is 0. The van der Waals surface area contributed by atoms with Crippen LogP contribution >= 0.6 is 11.3 Å². The molecule has 0 aliphatic heterocycles. The van der Waals surface area contributed by atoms with Gasteiger partial charge in [0.2, 0.25) is 0 Å². The van der Waals surface area contributed by atoms with Crippen molar-refractivity contribution in [3.05, 3.63) is 22.5 Å². The van der Waals surface area contributed by atoms with Gasteiger partial charge in [-0.15, -0.1) is 10.2 Å². The lowest BCUT2D eigenvalue weighted by molar-refractivity contribution is 0.910. The fourth-order valence-electron chi connectivity index (χ4n) is 1.35. The molecule has 2 N–H and O–H groups in total. The van der Waals surface area contributed by atoms with Gasteiger partial charge < -0.3 is 5.73 Å². The summed E-state index contributed by atoms with van der Waals surface area (Å²) in [5, 5.41) is 18.2. The topological polar surface area (TPSA) is 77.6 Å². The van der Waals surface area contributed by atoms with Gasteiger partial charge in [0.25, 0.3) is 0 Å². The first-order chi connectivity index (χ1) is 7.70. The summed E-state index contributed by atoms with van der Waals surface area (Å²) < 4.78 is 0. The van der Waals surface area contributed by atoms with Gasteiger partial charge in [-0.2, -0.15) is 10.2 Å². The summed E-state index contributed by atoms with van der Waals surface area (Å²) in [5.74, 6) is 0. The molecule has 0 amide bonds. The van der Waals surface area contributed by atoms with Crippen molar-refractivity contribution >= 4 is 11.3 Å². The van der Waals surface area contributed by atoms with Gasteiger partial charge in [0.1, 0.15) is 10.0 Å². The van der Waals surface area contributed by atoms with Crippen molar-refractivity contribution in [2.24, 2.45) is 5.73 Å². The third-order valence-electron chi connectivity index (χ3n) is 2.16. The minimum absolute atomic E-state index is 0.598. The highest BCUT2D eigenvalue weighted by Crippen LogP contribution is 2.25.